The van der Waals surface area contributed by atoms with E-state index in [0.717, 1.165) is 18.6 Å². The fraction of sp³-hybridized carbons (Fsp3) is 0.350. The normalized spacial score (nSPS) is 19.7. The smallest absolute Gasteiger partial charge is 0.219 e. The molecule has 2 atom stereocenters. The number of carbonyl (C=O) groups excluding carboxylic acids is 1. The largest absolute Gasteiger partial charge is 0.496 e. The first-order valence-electron chi connectivity index (χ1n) is 8.23. The van der Waals surface area contributed by atoms with Crippen LogP contribution in [0.2, 0.25) is 0 Å². The van der Waals surface area contributed by atoms with Crippen molar-refractivity contribution in [2.24, 2.45) is 0 Å². The molecule has 0 radical (unpaired) electrons. The van der Waals surface area contributed by atoms with E-state index >= 15 is 0 Å². The van der Waals surface area contributed by atoms with Crippen LogP contribution >= 0.6 is 0 Å². The summed E-state index contributed by atoms with van der Waals surface area (Å²) < 4.78 is 5.56. The van der Waals surface area contributed by atoms with Crippen LogP contribution in [0.25, 0.3) is 0 Å². The molecule has 2 aromatic rings. The maximum absolute atomic E-state index is 11.8. The predicted molar refractivity (Wildman–Crippen MR) is 91.8 cm³/mol. The van der Waals surface area contributed by atoms with E-state index < -0.39 is 0 Å². The molecule has 0 saturated carbocycles. The molecule has 0 spiro atoms. The Morgan fingerprint density at radius 1 is 1.17 bits per heavy atom. The zero-order valence-electron chi connectivity index (χ0n) is 13.7. The fourth-order valence-corrected chi connectivity index (χ4v) is 3.50. The first-order valence-corrected chi connectivity index (χ1v) is 8.23. The van der Waals surface area contributed by atoms with Gasteiger partial charge in [0.1, 0.15) is 5.75 Å². The number of amides is 1. The molecule has 0 heterocycles. The average Bonchev–Trinajstić information content (AvgIpc) is 2.61. The molecule has 1 aliphatic carbocycles. The first kappa shape index (κ1) is 15.6. The van der Waals surface area contributed by atoms with Crippen molar-refractivity contribution >= 4 is 5.91 Å². The van der Waals surface area contributed by atoms with Crippen LogP contribution in [0.3, 0.4) is 0 Å². The molecule has 0 saturated heterocycles. The topological polar surface area (TPSA) is 38.3 Å². The predicted octanol–water partition coefficient (Wildman–Crippen LogP) is 3.67. The zero-order chi connectivity index (χ0) is 16.2. The Balaban J connectivity index is 2.00. The maximum atomic E-state index is 11.8. The second-order valence-electron chi connectivity index (χ2n) is 6.05. The van der Waals surface area contributed by atoms with Gasteiger partial charge in [-0.3, -0.25) is 4.79 Å². The Labute approximate surface area is 137 Å². The third kappa shape index (κ3) is 3.24. The minimum absolute atomic E-state index is 0.111. The van der Waals surface area contributed by atoms with Crippen LogP contribution in [-0.4, -0.2) is 19.1 Å². The van der Waals surface area contributed by atoms with E-state index in [4.69, 9.17) is 4.74 Å². The van der Waals surface area contributed by atoms with E-state index in [2.05, 4.69) is 41.7 Å². The van der Waals surface area contributed by atoms with Gasteiger partial charge in [-0.15, -0.1) is 0 Å². The minimum atomic E-state index is 0.111. The zero-order valence-corrected chi connectivity index (χ0v) is 13.7. The van der Waals surface area contributed by atoms with Crippen LogP contribution in [0.1, 0.15) is 42.4 Å². The molecule has 1 aliphatic rings. The van der Waals surface area contributed by atoms with Gasteiger partial charge >= 0.3 is 0 Å². The molecule has 3 rings (SSSR count). The van der Waals surface area contributed by atoms with Crippen LogP contribution < -0.4 is 10.1 Å². The Kier molecular flexibility index (Phi) is 4.65. The summed E-state index contributed by atoms with van der Waals surface area (Å²) in [6, 6.07) is 16.9. The van der Waals surface area contributed by atoms with E-state index in [1.807, 2.05) is 19.1 Å². The summed E-state index contributed by atoms with van der Waals surface area (Å²) in [5, 5.41) is 3.17. The average molecular weight is 309 g/mol. The maximum Gasteiger partial charge on any atom is 0.219 e. The molecule has 0 fully saturated rings. The van der Waals surface area contributed by atoms with Crippen LogP contribution in [0.5, 0.6) is 5.75 Å². The molecule has 0 unspecified atom stereocenters. The van der Waals surface area contributed by atoms with Gasteiger partial charge in [-0.05, 0) is 35.6 Å². The van der Waals surface area contributed by atoms with E-state index in [1.165, 1.54) is 16.7 Å². The molecular weight excluding hydrogens is 286 g/mol. The number of benzene rings is 2. The summed E-state index contributed by atoms with van der Waals surface area (Å²) in [5.74, 6) is 1.32. The first-order chi connectivity index (χ1) is 11.2. The quantitative estimate of drug-likeness (QED) is 0.936. The molecule has 23 heavy (non-hydrogen) atoms. The molecule has 3 heteroatoms. The Hall–Kier alpha value is -2.29. The summed E-state index contributed by atoms with van der Waals surface area (Å²) in [6.07, 6.45) is 2.27. The number of fused-ring (bicyclic) bond motifs is 1. The van der Waals surface area contributed by atoms with E-state index in [-0.39, 0.29) is 17.9 Å². The highest BCUT2D eigenvalue weighted by molar-refractivity contribution is 5.76. The van der Waals surface area contributed by atoms with Crippen LogP contribution in [0, 0.1) is 0 Å². The number of carbonyl (C=O) groups is 1. The monoisotopic (exact) mass is 309 g/mol. The van der Waals surface area contributed by atoms with Gasteiger partial charge in [-0.1, -0.05) is 49.4 Å². The van der Waals surface area contributed by atoms with Crippen molar-refractivity contribution < 1.29 is 9.53 Å². The van der Waals surface area contributed by atoms with Crippen LogP contribution in [0.4, 0.5) is 0 Å². The SMILES string of the molecule is CCC(=O)N[C@H]1Cc2c(OC)cccc2[C@H](c2ccccc2)C1. The lowest BCUT2D eigenvalue weighted by atomic mass is 9.76. The van der Waals surface area contributed by atoms with Crippen molar-refractivity contribution in [1.29, 1.82) is 0 Å². The van der Waals surface area contributed by atoms with Crippen molar-refractivity contribution in [3.63, 3.8) is 0 Å². The Morgan fingerprint density at radius 3 is 2.65 bits per heavy atom. The van der Waals surface area contributed by atoms with Gasteiger partial charge < -0.3 is 10.1 Å². The molecular formula is C20H23NO2. The molecule has 0 bridgehead atoms. The van der Waals surface area contributed by atoms with Gasteiger partial charge in [-0.25, -0.2) is 0 Å². The Bertz CT molecular complexity index is 681. The van der Waals surface area contributed by atoms with Crippen molar-refractivity contribution in [2.45, 2.75) is 38.1 Å². The van der Waals surface area contributed by atoms with Crippen molar-refractivity contribution in [1.82, 2.24) is 5.32 Å². The summed E-state index contributed by atoms with van der Waals surface area (Å²) >= 11 is 0. The third-order valence-electron chi connectivity index (χ3n) is 4.62. The number of rotatable bonds is 4. The van der Waals surface area contributed by atoms with Gasteiger partial charge in [0.25, 0.3) is 0 Å². The molecule has 1 amide bonds. The van der Waals surface area contributed by atoms with Crippen molar-refractivity contribution in [3.05, 3.63) is 65.2 Å². The molecule has 2 aromatic carbocycles. The van der Waals surface area contributed by atoms with Gasteiger partial charge in [0.2, 0.25) is 5.91 Å². The van der Waals surface area contributed by atoms with Gasteiger partial charge in [-0.2, -0.15) is 0 Å². The molecule has 0 aliphatic heterocycles. The fourth-order valence-electron chi connectivity index (χ4n) is 3.50. The number of hydrogen-bond donors (Lipinski definition) is 1. The minimum Gasteiger partial charge on any atom is -0.496 e. The molecule has 120 valence electrons. The van der Waals surface area contributed by atoms with E-state index in [0.29, 0.717) is 6.42 Å². The van der Waals surface area contributed by atoms with Crippen LogP contribution in [0.15, 0.2) is 48.5 Å². The summed E-state index contributed by atoms with van der Waals surface area (Å²) in [7, 11) is 1.71. The summed E-state index contributed by atoms with van der Waals surface area (Å²) in [5.41, 5.74) is 3.83. The summed E-state index contributed by atoms with van der Waals surface area (Å²) in [6.45, 7) is 1.89. The lowest BCUT2D eigenvalue weighted by Gasteiger charge is -2.33. The standard InChI is InChI=1S/C20H23NO2/c1-3-20(22)21-15-12-17(14-8-5-4-6-9-14)16-10-7-11-19(23-2)18(16)13-15/h4-11,15,17H,3,12-13H2,1-2H3,(H,21,22)/t15-,17+/m1/s1. The van der Waals surface area contributed by atoms with Crippen molar-refractivity contribution in [3.8, 4) is 5.75 Å². The number of nitrogens with one attached hydrogen (secondary N) is 1. The second kappa shape index (κ2) is 6.86. The summed E-state index contributed by atoms with van der Waals surface area (Å²) in [4.78, 5) is 11.8. The number of ether oxygens (including phenoxy) is 1. The Morgan fingerprint density at radius 2 is 1.96 bits per heavy atom. The van der Waals surface area contributed by atoms with E-state index in [9.17, 15) is 4.79 Å². The van der Waals surface area contributed by atoms with Crippen molar-refractivity contribution in [2.75, 3.05) is 7.11 Å². The lowest BCUT2D eigenvalue weighted by molar-refractivity contribution is -0.121. The van der Waals surface area contributed by atoms with Gasteiger partial charge in [0, 0.05) is 18.4 Å². The third-order valence-corrected chi connectivity index (χ3v) is 4.62. The highest BCUT2D eigenvalue weighted by atomic mass is 16.5. The van der Waals surface area contributed by atoms with Gasteiger partial charge in [0.05, 0.1) is 7.11 Å². The van der Waals surface area contributed by atoms with Gasteiger partial charge in [0.15, 0.2) is 0 Å². The lowest BCUT2D eigenvalue weighted by Crippen LogP contribution is -2.40. The number of methoxy groups -OCH3 is 1. The molecule has 3 nitrogen and oxygen atoms in total. The number of hydrogen-bond acceptors (Lipinski definition) is 2. The van der Waals surface area contributed by atoms with E-state index in [1.54, 1.807) is 7.11 Å². The molecule has 1 N–H and O–H groups in total. The highest BCUT2D eigenvalue weighted by Gasteiger charge is 2.30. The van der Waals surface area contributed by atoms with Crippen LogP contribution in [-0.2, 0) is 11.2 Å². The highest BCUT2D eigenvalue weighted by Crippen LogP contribution is 2.40. The second-order valence-corrected chi connectivity index (χ2v) is 6.05. The molecule has 0 aromatic heterocycles.